The Morgan fingerprint density at radius 2 is 1.87 bits per heavy atom. The number of nitrogens with zero attached hydrogens (tertiary/aromatic N) is 1. The van der Waals surface area contributed by atoms with E-state index in [1.807, 2.05) is 56.3 Å². The van der Waals surface area contributed by atoms with E-state index in [9.17, 15) is 9.59 Å². The summed E-state index contributed by atoms with van der Waals surface area (Å²) >= 11 is 3.40. The first-order valence-electron chi connectivity index (χ1n) is 11.0. The number of halogens is 1. The van der Waals surface area contributed by atoms with Gasteiger partial charge in [0.1, 0.15) is 11.8 Å². The van der Waals surface area contributed by atoms with Gasteiger partial charge in [0.2, 0.25) is 5.91 Å². The van der Waals surface area contributed by atoms with Gasteiger partial charge >= 0.3 is 0 Å². The Balaban J connectivity index is 1.75. The van der Waals surface area contributed by atoms with Gasteiger partial charge in [-0.3, -0.25) is 9.59 Å². The molecule has 31 heavy (non-hydrogen) atoms. The van der Waals surface area contributed by atoms with Crippen LogP contribution in [0.15, 0.2) is 53.0 Å². The van der Waals surface area contributed by atoms with E-state index in [0.717, 1.165) is 41.3 Å². The normalized spacial score (nSPS) is 14.8. The fourth-order valence-corrected chi connectivity index (χ4v) is 4.32. The number of hydrogen-bond donors (Lipinski definition) is 1. The van der Waals surface area contributed by atoms with Crippen molar-refractivity contribution in [2.45, 2.75) is 64.6 Å². The number of amides is 2. The average molecular weight is 487 g/mol. The Labute approximate surface area is 193 Å². The highest BCUT2D eigenvalue weighted by Crippen LogP contribution is 2.20. The summed E-state index contributed by atoms with van der Waals surface area (Å²) in [6, 6.07) is 15.1. The van der Waals surface area contributed by atoms with E-state index < -0.39 is 6.04 Å². The van der Waals surface area contributed by atoms with Crippen LogP contribution in [0.3, 0.4) is 0 Å². The molecule has 1 aliphatic rings. The van der Waals surface area contributed by atoms with Crippen LogP contribution >= 0.6 is 15.9 Å². The Hall–Kier alpha value is -2.34. The van der Waals surface area contributed by atoms with Crippen LogP contribution in [0.25, 0.3) is 0 Å². The van der Waals surface area contributed by atoms with Crippen molar-refractivity contribution in [3.8, 4) is 5.75 Å². The second-order valence-electron chi connectivity index (χ2n) is 8.17. The molecule has 0 spiro atoms. The van der Waals surface area contributed by atoms with Crippen molar-refractivity contribution >= 4 is 27.7 Å². The molecule has 0 aromatic heterocycles. The molecule has 0 unspecified atom stereocenters. The molecule has 1 aliphatic carbocycles. The lowest BCUT2D eigenvalue weighted by Crippen LogP contribution is -2.52. The van der Waals surface area contributed by atoms with Crippen LogP contribution in [0.5, 0.6) is 5.75 Å². The number of rotatable bonds is 9. The van der Waals surface area contributed by atoms with Crippen molar-refractivity contribution in [3.63, 3.8) is 0 Å². The molecule has 166 valence electrons. The summed E-state index contributed by atoms with van der Waals surface area (Å²) in [7, 11) is 0. The number of aryl methyl sites for hydroxylation is 1. The van der Waals surface area contributed by atoms with Gasteiger partial charge in [-0.1, -0.05) is 65.5 Å². The fraction of sp³-hybridized carbons (Fsp3) is 0.440. The summed E-state index contributed by atoms with van der Waals surface area (Å²) in [6.45, 7) is 4.24. The summed E-state index contributed by atoms with van der Waals surface area (Å²) in [5.74, 6) is 0.354. The second kappa shape index (κ2) is 11.3. The van der Waals surface area contributed by atoms with Gasteiger partial charge in [-0.15, -0.1) is 0 Å². The Bertz CT molecular complexity index is 879. The molecule has 0 heterocycles. The van der Waals surface area contributed by atoms with Crippen molar-refractivity contribution in [1.29, 1.82) is 0 Å². The Morgan fingerprint density at radius 3 is 2.52 bits per heavy atom. The summed E-state index contributed by atoms with van der Waals surface area (Å²) in [4.78, 5) is 28.0. The van der Waals surface area contributed by atoms with E-state index in [2.05, 4.69) is 27.3 Å². The van der Waals surface area contributed by atoms with Crippen LogP contribution < -0.4 is 10.1 Å². The largest absolute Gasteiger partial charge is 0.484 e. The van der Waals surface area contributed by atoms with Crippen molar-refractivity contribution in [2.24, 2.45) is 0 Å². The standard InChI is InChI=1S/C25H31BrN2O3/c1-3-23(25(30)27-21-9-4-5-10-21)28(16-19-8-6-7-18(2)15-19)24(29)17-31-22-13-11-20(26)12-14-22/h6-8,11-15,21,23H,3-5,9-10,16-17H2,1-2H3,(H,27,30)/t23-/m0/s1. The monoisotopic (exact) mass is 486 g/mol. The third-order valence-corrected chi connectivity index (χ3v) is 6.23. The third-order valence-electron chi connectivity index (χ3n) is 5.70. The molecule has 1 atom stereocenters. The lowest BCUT2D eigenvalue weighted by atomic mass is 10.1. The van der Waals surface area contributed by atoms with Gasteiger partial charge in [-0.25, -0.2) is 0 Å². The maximum absolute atomic E-state index is 13.2. The van der Waals surface area contributed by atoms with E-state index in [-0.39, 0.29) is 24.5 Å². The van der Waals surface area contributed by atoms with Crippen LogP contribution in [0.2, 0.25) is 0 Å². The number of nitrogens with one attached hydrogen (secondary N) is 1. The number of carbonyl (C=O) groups is 2. The summed E-state index contributed by atoms with van der Waals surface area (Å²) in [6.07, 6.45) is 4.87. The van der Waals surface area contributed by atoms with Gasteiger partial charge in [0.15, 0.2) is 6.61 Å². The van der Waals surface area contributed by atoms with Crippen LogP contribution in [0, 0.1) is 6.92 Å². The van der Waals surface area contributed by atoms with Crippen LogP contribution in [-0.4, -0.2) is 35.4 Å². The minimum Gasteiger partial charge on any atom is -0.484 e. The molecule has 0 radical (unpaired) electrons. The smallest absolute Gasteiger partial charge is 0.261 e. The summed E-state index contributed by atoms with van der Waals surface area (Å²) in [5, 5.41) is 3.16. The number of benzene rings is 2. The van der Waals surface area contributed by atoms with Gasteiger partial charge in [0, 0.05) is 17.1 Å². The fourth-order valence-electron chi connectivity index (χ4n) is 4.05. The highest BCUT2D eigenvalue weighted by molar-refractivity contribution is 9.10. The molecule has 0 saturated heterocycles. The van der Waals surface area contributed by atoms with E-state index in [4.69, 9.17) is 4.74 Å². The van der Waals surface area contributed by atoms with Crippen molar-refractivity contribution in [3.05, 3.63) is 64.1 Å². The molecule has 3 rings (SSSR count). The minimum atomic E-state index is -0.526. The quantitative estimate of drug-likeness (QED) is 0.542. The van der Waals surface area contributed by atoms with E-state index in [0.29, 0.717) is 18.7 Å². The average Bonchev–Trinajstić information content (AvgIpc) is 3.26. The van der Waals surface area contributed by atoms with Gasteiger partial charge in [-0.05, 0) is 56.0 Å². The first-order valence-corrected chi connectivity index (χ1v) is 11.8. The lowest BCUT2D eigenvalue weighted by molar-refractivity contribution is -0.143. The molecule has 0 bridgehead atoms. The van der Waals surface area contributed by atoms with Crippen molar-refractivity contribution < 1.29 is 14.3 Å². The zero-order chi connectivity index (χ0) is 22.2. The summed E-state index contributed by atoms with van der Waals surface area (Å²) < 4.78 is 6.68. The van der Waals surface area contributed by atoms with Gasteiger partial charge < -0.3 is 15.0 Å². The zero-order valence-electron chi connectivity index (χ0n) is 18.3. The highest BCUT2D eigenvalue weighted by atomic mass is 79.9. The first-order chi connectivity index (χ1) is 15.0. The Kier molecular flexibility index (Phi) is 8.52. The van der Waals surface area contributed by atoms with Gasteiger partial charge in [-0.2, -0.15) is 0 Å². The minimum absolute atomic E-state index is 0.0703. The van der Waals surface area contributed by atoms with Crippen LogP contribution in [0.4, 0.5) is 0 Å². The predicted octanol–water partition coefficient (Wildman–Crippen LogP) is 5.00. The predicted molar refractivity (Wildman–Crippen MR) is 126 cm³/mol. The van der Waals surface area contributed by atoms with Crippen molar-refractivity contribution in [2.75, 3.05) is 6.61 Å². The number of hydrogen-bond acceptors (Lipinski definition) is 3. The topological polar surface area (TPSA) is 58.6 Å². The molecule has 1 saturated carbocycles. The maximum atomic E-state index is 13.2. The molecule has 6 heteroatoms. The Morgan fingerprint density at radius 1 is 1.16 bits per heavy atom. The number of ether oxygens (including phenoxy) is 1. The first kappa shape index (κ1) is 23.3. The molecule has 0 aliphatic heterocycles. The zero-order valence-corrected chi connectivity index (χ0v) is 19.9. The molecule has 1 N–H and O–H groups in total. The lowest BCUT2D eigenvalue weighted by Gasteiger charge is -2.31. The highest BCUT2D eigenvalue weighted by Gasteiger charge is 2.30. The van der Waals surface area contributed by atoms with E-state index in [1.54, 1.807) is 4.90 Å². The van der Waals surface area contributed by atoms with Gasteiger partial charge in [0.05, 0.1) is 0 Å². The number of carbonyl (C=O) groups excluding carboxylic acids is 2. The maximum Gasteiger partial charge on any atom is 0.261 e. The van der Waals surface area contributed by atoms with Crippen LogP contribution in [-0.2, 0) is 16.1 Å². The van der Waals surface area contributed by atoms with E-state index in [1.165, 1.54) is 0 Å². The molecule has 5 nitrogen and oxygen atoms in total. The molecule has 1 fully saturated rings. The molecule has 2 aromatic rings. The van der Waals surface area contributed by atoms with E-state index >= 15 is 0 Å². The third kappa shape index (κ3) is 6.82. The summed E-state index contributed by atoms with van der Waals surface area (Å²) in [5.41, 5.74) is 2.13. The SMILES string of the molecule is CC[C@@H](C(=O)NC1CCCC1)N(Cc1cccc(C)c1)C(=O)COc1ccc(Br)cc1. The van der Waals surface area contributed by atoms with Crippen molar-refractivity contribution in [1.82, 2.24) is 10.2 Å². The second-order valence-corrected chi connectivity index (χ2v) is 9.08. The molecular formula is C25H31BrN2O3. The molecule has 2 aromatic carbocycles. The van der Waals surface area contributed by atoms with Crippen LogP contribution in [0.1, 0.15) is 50.2 Å². The molecular weight excluding hydrogens is 456 g/mol. The molecule has 2 amide bonds. The van der Waals surface area contributed by atoms with Gasteiger partial charge in [0.25, 0.3) is 5.91 Å².